The van der Waals surface area contributed by atoms with Gasteiger partial charge in [0.1, 0.15) is 0 Å². The van der Waals surface area contributed by atoms with E-state index in [9.17, 15) is 4.79 Å². The molecular formula is C18H28N4O2. The van der Waals surface area contributed by atoms with Crippen LogP contribution in [0.1, 0.15) is 56.3 Å². The summed E-state index contributed by atoms with van der Waals surface area (Å²) >= 11 is 0. The lowest BCUT2D eigenvalue weighted by Crippen LogP contribution is -2.56. The van der Waals surface area contributed by atoms with Crippen molar-refractivity contribution in [2.45, 2.75) is 76.0 Å². The van der Waals surface area contributed by atoms with Gasteiger partial charge < -0.3 is 15.0 Å². The number of carbonyl (C=O) groups is 1. The first-order valence-corrected chi connectivity index (χ1v) is 9.46. The molecule has 1 saturated carbocycles. The van der Waals surface area contributed by atoms with E-state index in [1.54, 1.807) is 6.33 Å². The Bertz CT molecular complexity index is 561. The van der Waals surface area contributed by atoms with Crippen LogP contribution >= 0.6 is 0 Å². The molecule has 132 valence electrons. The summed E-state index contributed by atoms with van der Waals surface area (Å²) < 4.78 is 5.51. The van der Waals surface area contributed by atoms with E-state index in [1.807, 2.05) is 0 Å². The second-order valence-electron chi connectivity index (χ2n) is 7.41. The quantitative estimate of drug-likeness (QED) is 0.885. The SMILES string of the molecule is O=C(NC1CCCCC1)[C@@H]1Cc2nc[nH]c2CN1C1CCOCC1. The van der Waals surface area contributed by atoms with Crippen LogP contribution in [0.25, 0.3) is 0 Å². The second kappa shape index (κ2) is 7.23. The molecule has 4 rings (SSSR count). The lowest BCUT2D eigenvalue weighted by molar-refractivity contribution is -0.130. The lowest BCUT2D eigenvalue weighted by Gasteiger charge is -2.41. The van der Waals surface area contributed by atoms with E-state index in [0.717, 1.165) is 57.6 Å². The molecule has 2 aliphatic heterocycles. The third kappa shape index (κ3) is 3.35. The Hall–Kier alpha value is -1.40. The van der Waals surface area contributed by atoms with Gasteiger partial charge in [-0.25, -0.2) is 4.98 Å². The molecule has 2 N–H and O–H groups in total. The molecule has 3 aliphatic rings. The van der Waals surface area contributed by atoms with Crippen LogP contribution in [0.4, 0.5) is 0 Å². The van der Waals surface area contributed by atoms with Crippen molar-refractivity contribution in [1.29, 1.82) is 0 Å². The van der Waals surface area contributed by atoms with Gasteiger partial charge in [0.15, 0.2) is 0 Å². The van der Waals surface area contributed by atoms with E-state index in [4.69, 9.17) is 4.74 Å². The van der Waals surface area contributed by atoms with Crippen LogP contribution in [0.5, 0.6) is 0 Å². The molecule has 1 aliphatic carbocycles. The molecule has 6 heteroatoms. The van der Waals surface area contributed by atoms with Crippen LogP contribution in [0.15, 0.2) is 6.33 Å². The smallest absolute Gasteiger partial charge is 0.238 e. The topological polar surface area (TPSA) is 70.2 Å². The van der Waals surface area contributed by atoms with Crippen molar-refractivity contribution in [2.75, 3.05) is 13.2 Å². The van der Waals surface area contributed by atoms with Gasteiger partial charge in [0, 0.05) is 38.3 Å². The predicted molar refractivity (Wildman–Crippen MR) is 90.5 cm³/mol. The van der Waals surface area contributed by atoms with Gasteiger partial charge >= 0.3 is 0 Å². The second-order valence-corrected chi connectivity index (χ2v) is 7.41. The minimum Gasteiger partial charge on any atom is -0.381 e. The van der Waals surface area contributed by atoms with Crippen molar-refractivity contribution in [2.24, 2.45) is 0 Å². The number of ether oxygens (including phenoxy) is 1. The molecule has 3 heterocycles. The zero-order valence-corrected chi connectivity index (χ0v) is 14.3. The Labute approximate surface area is 143 Å². The first-order chi connectivity index (χ1) is 11.8. The van der Waals surface area contributed by atoms with Gasteiger partial charge in [0.05, 0.1) is 23.8 Å². The van der Waals surface area contributed by atoms with Crippen LogP contribution in [0.3, 0.4) is 0 Å². The number of hydrogen-bond donors (Lipinski definition) is 2. The van der Waals surface area contributed by atoms with Gasteiger partial charge in [-0.2, -0.15) is 0 Å². The highest BCUT2D eigenvalue weighted by Crippen LogP contribution is 2.27. The summed E-state index contributed by atoms with van der Waals surface area (Å²) in [5.41, 5.74) is 2.23. The molecule has 1 saturated heterocycles. The van der Waals surface area contributed by atoms with Crippen molar-refractivity contribution >= 4 is 5.91 Å². The number of hydrogen-bond acceptors (Lipinski definition) is 4. The minimum atomic E-state index is -0.0918. The zero-order valence-electron chi connectivity index (χ0n) is 14.3. The largest absolute Gasteiger partial charge is 0.381 e. The van der Waals surface area contributed by atoms with Crippen molar-refractivity contribution in [1.82, 2.24) is 20.2 Å². The van der Waals surface area contributed by atoms with Crippen LogP contribution in [0.2, 0.25) is 0 Å². The third-order valence-electron chi connectivity index (χ3n) is 5.85. The number of fused-ring (bicyclic) bond motifs is 1. The van der Waals surface area contributed by atoms with Crippen LogP contribution in [0, 0.1) is 0 Å². The van der Waals surface area contributed by atoms with Gasteiger partial charge in [-0.05, 0) is 25.7 Å². The molecule has 24 heavy (non-hydrogen) atoms. The fourth-order valence-electron chi connectivity index (χ4n) is 4.44. The normalized spacial score (nSPS) is 26.9. The highest BCUT2D eigenvalue weighted by molar-refractivity contribution is 5.82. The van der Waals surface area contributed by atoms with Gasteiger partial charge in [-0.1, -0.05) is 19.3 Å². The summed E-state index contributed by atoms with van der Waals surface area (Å²) in [4.78, 5) is 23.1. The number of nitrogens with zero attached hydrogens (tertiary/aromatic N) is 2. The first-order valence-electron chi connectivity index (χ1n) is 9.46. The van der Waals surface area contributed by atoms with E-state index >= 15 is 0 Å². The Morgan fingerprint density at radius 2 is 2.00 bits per heavy atom. The van der Waals surface area contributed by atoms with Gasteiger partial charge in [-0.3, -0.25) is 9.69 Å². The summed E-state index contributed by atoms with van der Waals surface area (Å²) in [6.45, 7) is 2.39. The number of imidazole rings is 1. The van der Waals surface area contributed by atoms with Gasteiger partial charge in [0.2, 0.25) is 5.91 Å². The summed E-state index contributed by atoms with van der Waals surface area (Å²) in [7, 11) is 0. The van der Waals surface area contributed by atoms with Crippen molar-refractivity contribution < 1.29 is 9.53 Å². The molecular weight excluding hydrogens is 304 g/mol. The van der Waals surface area contributed by atoms with Crippen LogP contribution in [-0.4, -0.2) is 52.1 Å². The maximum Gasteiger partial charge on any atom is 0.238 e. The standard InChI is InChI=1S/C18H28N4O2/c23-18(21-13-4-2-1-3-5-13)17-10-15-16(20-12-19-15)11-22(17)14-6-8-24-9-7-14/h12-14,17H,1-11H2,(H,19,20)(H,21,23)/t17-/m0/s1. The monoisotopic (exact) mass is 332 g/mol. The Kier molecular flexibility index (Phi) is 4.85. The van der Waals surface area contributed by atoms with E-state index in [0.29, 0.717) is 12.1 Å². The molecule has 2 fully saturated rings. The highest BCUT2D eigenvalue weighted by atomic mass is 16.5. The molecule has 0 aromatic carbocycles. The average Bonchev–Trinajstić information content (AvgIpc) is 3.10. The molecule has 1 aromatic rings. The predicted octanol–water partition coefficient (Wildman–Crippen LogP) is 1.76. The molecule has 0 spiro atoms. The molecule has 0 bridgehead atoms. The molecule has 1 atom stereocenters. The van der Waals surface area contributed by atoms with E-state index in [1.165, 1.54) is 25.0 Å². The maximum atomic E-state index is 13.0. The van der Waals surface area contributed by atoms with Crippen molar-refractivity contribution in [3.63, 3.8) is 0 Å². The number of carbonyl (C=O) groups excluding carboxylic acids is 1. The van der Waals surface area contributed by atoms with E-state index in [2.05, 4.69) is 20.2 Å². The third-order valence-corrected chi connectivity index (χ3v) is 5.85. The van der Waals surface area contributed by atoms with Crippen molar-refractivity contribution in [3.05, 3.63) is 17.7 Å². The Balaban J connectivity index is 1.49. The summed E-state index contributed by atoms with van der Waals surface area (Å²) in [6.07, 6.45) is 10.5. The number of H-pyrrole nitrogens is 1. The summed E-state index contributed by atoms with van der Waals surface area (Å²) in [5, 5.41) is 3.33. The molecule has 6 nitrogen and oxygen atoms in total. The Morgan fingerprint density at radius 1 is 1.21 bits per heavy atom. The maximum absolute atomic E-state index is 13.0. The molecule has 0 radical (unpaired) electrons. The lowest BCUT2D eigenvalue weighted by atomic mass is 9.93. The molecule has 1 aromatic heterocycles. The van der Waals surface area contributed by atoms with E-state index in [-0.39, 0.29) is 11.9 Å². The number of aromatic nitrogens is 2. The van der Waals surface area contributed by atoms with E-state index < -0.39 is 0 Å². The van der Waals surface area contributed by atoms with Crippen LogP contribution in [-0.2, 0) is 22.5 Å². The van der Waals surface area contributed by atoms with Crippen molar-refractivity contribution in [3.8, 4) is 0 Å². The Morgan fingerprint density at radius 3 is 2.79 bits per heavy atom. The highest BCUT2D eigenvalue weighted by Gasteiger charge is 2.38. The molecule has 1 amide bonds. The minimum absolute atomic E-state index is 0.0918. The fraction of sp³-hybridized carbons (Fsp3) is 0.778. The van der Waals surface area contributed by atoms with Gasteiger partial charge in [-0.15, -0.1) is 0 Å². The summed E-state index contributed by atoms with van der Waals surface area (Å²) in [5.74, 6) is 0.196. The number of aromatic amines is 1. The fourth-order valence-corrected chi connectivity index (χ4v) is 4.44. The molecule has 0 unspecified atom stereocenters. The van der Waals surface area contributed by atoms with Crippen LogP contribution < -0.4 is 5.32 Å². The average molecular weight is 332 g/mol. The first kappa shape index (κ1) is 16.1. The number of amides is 1. The van der Waals surface area contributed by atoms with Gasteiger partial charge in [0.25, 0.3) is 0 Å². The zero-order chi connectivity index (χ0) is 16.4. The number of rotatable bonds is 3. The number of nitrogens with one attached hydrogen (secondary N) is 2. The summed E-state index contributed by atoms with van der Waals surface area (Å²) in [6, 6.07) is 0.700.